The van der Waals surface area contributed by atoms with Gasteiger partial charge >= 0.3 is 5.97 Å². The van der Waals surface area contributed by atoms with E-state index in [-0.39, 0.29) is 5.57 Å². The molecule has 0 heterocycles. The Morgan fingerprint density at radius 3 is 2.00 bits per heavy atom. The summed E-state index contributed by atoms with van der Waals surface area (Å²) >= 11 is 0. The van der Waals surface area contributed by atoms with Crippen LogP contribution in [-0.2, 0) is 23.1 Å². The summed E-state index contributed by atoms with van der Waals surface area (Å²) in [4.78, 5) is 12.5. The predicted molar refractivity (Wildman–Crippen MR) is 113 cm³/mol. The monoisotopic (exact) mass is 422 g/mol. The maximum atomic E-state index is 12.5. The van der Waals surface area contributed by atoms with Crippen molar-refractivity contribution in [1.29, 1.82) is 0 Å². The number of hydrogen-bond acceptors (Lipinski definition) is 6. The van der Waals surface area contributed by atoms with Gasteiger partial charge in [-0.15, -0.1) is 0 Å². The zero-order valence-electron chi connectivity index (χ0n) is 18.2. The Labute approximate surface area is 163 Å². The van der Waals surface area contributed by atoms with Crippen molar-refractivity contribution in [3.8, 4) is 0 Å². The fraction of sp³-hybridized carbons (Fsp3) is 0.824. The largest absolute Gasteiger partial charge is 0.422 e. The van der Waals surface area contributed by atoms with Gasteiger partial charge in [-0.25, -0.2) is 4.79 Å². The van der Waals surface area contributed by atoms with E-state index < -0.39 is 39.9 Å². The lowest BCUT2D eigenvalue weighted by Gasteiger charge is -2.51. The van der Waals surface area contributed by atoms with Crippen molar-refractivity contribution >= 4 is 32.8 Å². The molecule has 0 aromatic carbocycles. The van der Waals surface area contributed by atoms with Gasteiger partial charge in [-0.2, -0.15) is 0 Å². The number of rotatable bonds is 11. The van der Waals surface area contributed by atoms with Crippen molar-refractivity contribution < 1.29 is 28.2 Å². The van der Waals surface area contributed by atoms with Crippen molar-refractivity contribution in [2.75, 3.05) is 7.11 Å². The quantitative estimate of drug-likeness (QED) is 0.238. The van der Waals surface area contributed by atoms with Crippen LogP contribution in [0.4, 0.5) is 0 Å². The van der Waals surface area contributed by atoms with Crippen LogP contribution in [0.5, 0.6) is 0 Å². The zero-order chi connectivity index (χ0) is 21.0. The molecule has 0 rings (SSSR count). The maximum absolute atomic E-state index is 12.5. The van der Waals surface area contributed by atoms with E-state index in [0.717, 1.165) is 6.42 Å². The van der Waals surface area contributed by atoms with Gasteiger partial charge in [0.1, 0.15) is 5.22 Å². The first kappa shape index (κ1) is 25.7. The molecule has 0 saturated carbocycles. The average Bonchev–Trinajstić information content (AvgIpc) is 2.42. The Hall–Kier alpha value is -0.299. The van der Waals surface area contributed by atoms with E-state index in [1.54, 1.807) is 14.0 Å². The van der Waals surface area contributed by atoms with Gasteiger partial charge in [-0.3, -0.25) is 0 Å². The number of hydrogen-bond donors (Lipinski definition) is 1. The molecule has 0 aliphatic heterocycles. The first-order valence-electron chi connectivity index (χ1n) is 9.03. The molecule has 1 N–H and O–H groups in total. The van der Waals surface area contributed by atoms with Crippen LogP contribution < -0.4 is 0 Å². The van der Waals surface area contributed by atoms with Crippen molar-refractivity contribution in [2.24, 2.45) is 0 Å². The predicted octanol–water partition coefficient (Wildman–Crippen LogP) is 2.33. The second-order valence-electron chi connectivity index (χ2n) is 8.82. The third kappa shape index (κ3) is 7.02. The average molecular weight is 423 g/mol. The van der Waals surface area contributed by atoms with E-state index >= 15 is 0 Å². The molecule has 3 unspecified atom stereocenters. The van der Waals surface area contributed by atoms with Gasteiger partial charge in [0.05, 0.1) is 10.2 Å². The molecule has 0 radical (unpaired) electrons. The lowest BCUT2D eigenvalue weighted by Crippen LogP contribution is -2.70. The number of carbonyl (C=O) groups is 1. The second-order valence-corrected chi connectivity index (χ2v) is 19.3. The van der Waals surface area contributed by atoms with Crippen LogP contribution in [0.2, 0.25) is 39.3 Å². The highest BCUT2D eigenvalue weighted by Gasteiger charge is 2.61. The summed E-state index contributed by atoms with van der Waals surface area (Å²) in [6.45, 7) is 19.0. The Morgan fingerprint density at radius 1 is 1.19 bits per heavy atom. The molecule has 0 amide bonds. The van der Waals surface area contributed by atoms with Crippen molar-refractivity contribution in [2.45, 2.75) is 83.3 Å². The van der Waals surface area contributed by atoms with Crippen molar-refractivity contribution in [3.63, 3.8) is 0 Å². The van der Waals surface area contributed by atoms with Crippen LogP contribution >= 0.6 is 0 Å². The summed E-state index contributed by atoms with van der Waals surface area (Å²) in [6.07, 6.45) is -0.109. The molecular formula is C17H38O6Si3. The normalized spacial score (nSPS) is 18.7. The van der Waals surface area contributed by atoms with E-state index in [9.17, 15) is 9.90 Å². The number of methoxy groups -OCH3 is 1. The Morgan fingerprint density at radius 2 is 1.69 bits per heavy atom. The van der Waals surface area contributed by atoms with Gasteiger partial charge in [0.15, 0.2) is 16.6 Å². The SMILES string of the molecule is C=C(C)C(=O)OC(O[Si](C)(C)C)(C(O)O[Si](C)(C)C)C([SiH3])(CCC)OC. The summed E-state index contributed by atoms with van der Waals surface area (Å²) in [5, 5.41) is 10.2. The van der Waals surface area contributed by atoms with Gasteiger partial charge in [-0.1, -0.05) is 19.9 Å². The molecule has 0 spiro atoms. The number of aliphatic hydroxyl groups is 1. The van der Waals surface area contributed by atoms with Crippen LogP contribution in [0, 0.1) is 0 Å². The molecule has 3 atom stereocenters. The minimum absolute atomic E-state index is 0.227. The molecule has 0 aromatic rings. The van der Waals surface area contributed by atoms with Crippen molar-refractivity contribution in [1.82, 2.24) is 0 Å². The van der Waals surface area contributed by atoms with Gasteiger partial charge in [0.25, 0.3) is 5.79 Å². The first-order valence-corrected chi connectivity index (χ1v) is 16.9. The highest BCUT2D eigenvalue weighted by Crippen LogP contribution is 2.40. The molecule has 0 aliphatic rings. The first-order chi connectivity index (χ1) is 11.5. The highest BCUT2D eigenvalue weighted by atomic mass is 28.4. The standard InChI is InChI=1S/C17H38O6Si3/c1-11-12-16(24,20-4)17(23-26(8,9)10,21-14(18)13(2)3)15(19)22-25(5,6)7/h15,19H,2,11-12H2,1,3-10,24H3. The molecule has 26 heavy (non-hydrogen) atoms. The van der Waals surface area contributed by atoms with Crippen LogP contribution in [0.1, 0.15) is 26.7 Å². The van der Waals surface area contributed by atoms with E-state index in [1.807, 2.05) is 46.2 Å². The number of esters is 1. The smallest absolute Gasteiger partial charge is 0.335 e. The highest BCUT2D eigenvalue weighted by molar-refractivity contribution is 6.70. The van der Waals surface area contributed by atoms with Crippen LogP contribution in [0.3, 0.4) is 0 Å². The summed E-state index contributed by atoms with van der Waals surface area (Å²) in [7, 11) is -2.42. The van der Waals surface area contributed by atoms with Crippen LogP contribution in [0.25, 0.3) is 0 Å². The maximum Gasteiger partial charge on any atom is 0.335 e. The molecule has 0 saturated heterocycles. The fourth-order valence-electron chi connectivity index (χ4n) is 2.59. The Balaban J connectivity index is 6.49. The lowest BCUT2D eigenvalue weighted by molar-refractivity contribution is -0.331. The minimum atomic E-state index is -2.28. The number of carbonyl (C=O) groups excluding carboxylic acids is 1. The van der Waals surface area contributed by atoms with E-state index in [1.165, 1.54) is 0 Å². The van der Waals surface area contributed by atoms with Crippen molar-refractivity contribution in [3.05, 3.63) is 12.2 Å². The fourth-order valence-corrected chi connectivity index (χ4v) is 5.83. The summed E-state index contributed by atoms with van der Waals surface area (Å²) in [6, 6.07) is 0. The molecule has 0 aromatic heterocycles. The zero-order valence-corrected chi connectivity index (χ0v) is 22.2. The lowest BCUT2D eigenvalue weighted by atomic mass is 10.0. The third-order valence-electron chi connectivity index (χ3n) is 3.76. The van der Waals surface area contributed by atoms with Gasteiger partial charge in [-0.05, 0) is 52.6 Å². The summed E-state index contributed by atoms with van der Waals surface area (Å²) in [5.74, 6) is -2.36. The molecule has 0 bridgehead atoms. The van der Waals surface area contributed by atoms with Crippen LogP contribution in [-0.4, -0.2) is 62.4 Å². The molecular weight excluding hydrogens is 384 g/mol. The van der Waals surface area contributed by atoms with E-state index in [4.69, 9.17) is 18.3 Å². The number of aliphatic hydroxyl groups excluding tert-OH is 1. The summed E-state index contributed by atoms with van der Waals surface area (Å²) < 4.78 is 24.0. The van der Waals surface area contributed by atoms with Crippen LogP contribution in [0.15, 0.2) is 12.2 Å². The molecule has 154 valence electrons. The van der Waals surface area contributed by atoms with Gasteiger partial charge in [0.2, 0.25) is 6.29 Å². The second kappa shape index (κ2) is 9.26. The third-order valence-corrected chi connectivity index (χ3v) is 7.21. The van der Waals surface area contributed by atoms with Gasteiger partial charge in [0, 0.05) is 12.7 Å². The molecule has 0 aliphatic carbocycles. The Kier molecular flexibility index (Phi) is 9.16. The molecule has 9 heteroatoms. The molecule has 6 nitrogen and oxygen atoms in total. The Bertz CT molecular complexity index is 500. The topological polar surface area (TPSA) is 74.2 Å². The van der Waals surface area contributed by atoms with E-state index in [0.29, 0.717) is 16.7 Å². The molecule has 0 fully saturated rings. The van der Waals surface area contributed by atoms with Gasteiger partial charge < -0.3 is 23.4 Å². The number of ether oxygens (including phenoxy) is 2. The minimum Gasteiger partial charge on any atom is -0.422 e. The van der Waals surface area contributed by atoms with E-state index in [2.05, 4.69) is 6.58 Å². The summed E-state index contributed by atoms with van der Waals surface area (Å²) in [5.41, 5.74) is 0.227.